The number of carboxylic acid groups (broad SMARTS) is 1. The number of carbonyl (C=O) groups excluding carboxylic acids is 1. The summed E-state index contributed by atoms with van der Waals surface area (Å²) in [6.07, 6.45) is 2.96. The summed E-state index contributed by atoms with van der Waals surface area (Å²) in [6.45, 7) is 6.54. The fraction of sp³-hybridized carbons (Fsp3) is 0.846. The molecule has 0 spiro atoms. The molecule has 1 aliphatic heterocycles. The molecule has 1 fully saturated rings. The number of piperidine rings is 1. The molecule has 1 aliphatic rings. The Kier molecular flexibility index (Phi) is 5.59. The van der Waals surface area contributed by atoms with E-state index >= 15 is 0 Å². The first-order valence-corrected chi connectivity index (χ1v) is 6.72. The summed E-state index contributed by atoms with van der Waals surface area (Å²) < 4.78 is 0. The standard InChI is InChI=1S/C13H24N2O3/c1-4-9-5-6-14-10(7-9)12(16)15-11(8(2)3)13(17)18/h8-11,14H,4-7H2,1-3H3,(H,15,16)(H,17,18)/t9?,10?,11-/m0/s1. The topological polar surface area (TPSA) is 78.4 Å². The maximum Gasteiger partial charge on any atom is 0.326 e. The predicted molar refractivity (Wildman–Crippen MR) is 69.2 cm³/mol. The summed E-state index contributed by atoms with van der Waals surface area (Å²) in [5.74, 6) is -0.711. The Bertz CT molecular complexity index is 305. The average molecular weight is 256 g/mol. The molecule has 0 saturated carbocycles. The van der Waals surface area contributed by atoms with Crippen molar-refractivity contribution in [3.63, 3.8) is 0 Å². The normalized spacial score (nSPS) is 25.8. The zero-order valence-corrected chi connectivity index (χ0v) is 11.4. The number of carboxylic acids is 1. The van der Waals surface area contributed by atoms with Crippen LogP contribution < -0.4 is 10.6 Å². The molecule has 5 nitrogen and oxygen atoms in total. The molecule has 0 aromatic carbocycles. The summed E-state index contributed by atoms with van der Waals surface area (Å²) in [4.78, 5) is 23.1. The molecule has 0 radical (unpaired) electrons. The SMILES string of the molecule is CCC1CCNC(C(=O)N[C@H](C(=O)O)C(C)C)C1. The third kappa shape index (κ3) is 3.98. The summed E-state index contributed by atoms with van der Waals surface area (Å²) >= 11 is 0. The molecule has 2 unspecified atom stereocenters. The Labute approximate surface area is 108 Å². The maximum absolute atomic E-state index is 12.0. The molecule has 3 atom stereocenters. The monoisotopic (exact) mass is 256 g/mol. The van der Waals surface area contributed by atoms with Crippen LogP contribution in [0.3, 0.4) is 0 Å². The van der Waals surface area contributed by atoms with E-state index in [9.17, 15) is 9.59 Å². The molecule has 1 amide bonds. The van der Waals surface area contributed by atoms with Crippen molar-refractivity contribution in [1.29, 1.82) is 0 Å². The first-order valence-electron chi connectivity index (χ1n) is 6.72. The maximum atomic E-state index is 12.0. The molecule has 18 heavy (non-hydrogen) atoms. The number of carbonyl (C=O) groups is 2. The summed E-state index contributed by atoms with van der Waals surface area (Å²) in [5, 5.41) is 14.8. The molecule has 0 aromatic rings. The number of aliphatic carboxylic acids is 1. The summed E-state index contributed by atoms with van der Waals surface area (Å²) in [6, 6.07) is -1.05. The molecular formula is C13H24N2O3. The van der Waals surface area contributed by atoms with Gasteiger partial charge in [-0.2, -0.15) is 0 Å². The van der Waals surface area contributed by atoms with E-state index in [1.165, 1.54) is 0 Å². The summed E-state index contributed by atoms with van der Waals surface area (Å²) in [7, 11) is 0. The van der Waals surface area contributed by atoms with Gasteiger partial charge < -0.3 is 15.7 Å². The highest BCUT2D eigenvalue weighted by Crippen LogP contribution is 2.19. The third-order valence-electron chi connectivity index (χ3n) is 3.64. The van der Waals surface area contributed by atoms with Gasteiger partial charge in [0.15, 0.2) is 0 Å². The van der Waals surface area contributed by atoms with Crippen molar-refractivity contribution >= 4 is 11.9 Å². The van der Waals surface area contributed by atoms with Crippen LogP contribution in [0.5, 0.6) is 0 Å². The lowest BCUT2D eigenvalue weighted by atomic mass is 9.90. The molecule has 1 rings (SSSR count). The number of rotatable bonds is 5. The minimum atomic E-state index is -0.971. The van der Waals surface area contributed by atoms with Crippen molar-refractivity contribution in [1.82, 2.24) is 10.6 Å². The Balaban J connectivity index is 2.55. The lowest BCUT2D eigenvalue weighted by molar-refractivity contribution is -0.143. The van der Waals surface area contributed by atoms with Gasteiger partial charge in [-0.15, -0.1) is 0 Å². The Morgan fingerprint density at radius 1 is 1.44 bits per heavy atom. The van der Waals surface area contributed by atoms with Gasteiger partial charge in [0.05, 0.1) is 6.04 Å². The van der Waals surface area contributed by atoms with Gasteiger partial charge in [-0.3, -0.25) is 4.79 Å². The number of amides is 1. The largest absolute Gasteiger partial charge is 0.480 e. The molecular weight excluding hydrogens is 232 g/mol. The van der Waals surface area contributed by atoms with Crippen molar-refractivity contribution in [2.45, 2.75) is 52.1 Å². The van der Waals surface area contributed by atoms with E-state index in [0.29, 0.717) is 5.92 Å². The summed E-state index contributed by atoms with van der Waals surface area (Å²) in [5.41, 5.74) is 0. The van der Waals surface area contributed by atoms with Gasteiger partial charge in [0.2, 0.25) is 5.91 Å². The van der Waals surface area contributed by atoms with Gasteiger partial charge in [0.25, 0.3) is 0 Å². The van der Waals surface area contributed by atoms with Crippen LogP contribution in [0.1, 0.15) is 40.0 Å². The van der Waals surface area contributed by atoms with Gasteiger partial charge in [-0.05, 0) is 31.2 Å². The minimum absolute atomic E-state index is 0.114. The smallest absolute Gasteiger partial charge is 0.326 e. The average Bonchev–Trinajstić information content (AvgIpc) is 2.34. The van der Waals surface area contributed by atoms with E-state index in [0.717, 1.165) is 25.8 Å². The second kappa shape index (κ2) is 6.73. The van der Waals surface area contributed by atoms with Gasteiger partial charge in [0.1, 0.15) is 6.04 Å². The first-order chi connectivity index (χ1) is 8.45. The van der Waals surface area contributed by atoms with Crippen LogP contribution >= 0.6 is 0 Å². The zero-order valence-electron chi connectivity index (χ0n) is 11.4. The Morgan fingerprint density at radius 2 is 2.11 bits per heavy atom. The van der Waals surface area contributed by atoms with E-state index in [1.807, 2.05) is 0 Å². The highest BCUT2D eigenvalue weighted by molar-refractivity contribution is 5.87. The molecule has 0 aromatic heterocycles. The van der Waals surface area contributed by atoms with Gasteiger partial charge >= 0.3 is 5.97 Å². The van der Waals surface area contributed by atoms with Crippen LogP contribution in [0, 0.1) is 11.8 Å². The van der Waals surface area contributed by atoms with Crippen LogP contribution in [-0.4, -0.2) is 35.6 Å². The molecule has 3 N–H and O–H groups in total. The van der Waals surface area contributed by atoms with Gasteiger partial charge in [-0.1, -0.05) is 27.2 Å². The fourth-order valence-electron chi connectivity index (χ4n) is 2.33. The highest BCUT2D eigenvalue weighted by Gasteiger charge is 2.30. The second-order valence-electron chi connectivity index (χ2n) is 5.37. The van der Waals surface area contributed by atoms with E-state index in [4.69, 9.17) is 5.11 Å². The Hall–Kier alpha value is -1.10. The van der Waals surface area contributed by atoms with Crippen LogP contribution in [0.25, 0.3) is 0 Å². The lowest BCUT2D eigenvalue weighted by Gasteiger charge is -2.30. The molecule has 1 saturated heterocycles. The van der Waals surface area contributed by atoms with Crippen LogP contribution in [0.2, 0.25) is 0 Å². The molecule has 104 valence electrons. The quantitative estimate of drug-likeness (QED) is 0.685. The van der Waals surface area contributed by atoms with Crippen LogP contribution in [0.15, 0.2) is 0 Å². The Morgan fingerprint density at radius 3 is 2.61 bits per heavy atom. The van der Waals surface area contributed by atoms with Crippen LogP contribution in [-0.2, 0) is 9.59 Å². The van der Waals surface area contributed by atoms with Crippen molar-refractivity contribution in [3.05, 3.63) is 0 Å². The second-order valence-corrected chi connectivity index (χ2v) is 5.37. The molecule has 1 heterocycles. The lowest BCUT2D eigenvalue weighted by Crippen LogP contribution is -2.54. The third-order valence-corrected chi connectivity index (χ3v) is 3.64. The van der Waals surface area contributed by atoms with E-state index < -0.39 is 12.0 Å². The van der Waals surface area contributed by atoms with Gasteiger partial charge in [0, 0.05) is 0 Å². The number of hydrogen-bond acceptors (Lipinski definition) is 3. The number of hydrogen-bond donors (Lipinski definition) is 3. The fourth-order valence-corrected chi connectivity index (χ4v) is 2.33. The number of nitrogens with one attached hydrogen (secondary N) is 2. The molecule has 0 bridgehead atoms. The zero-order chi connectivity index (χ0) is 13.7. The van der Waals surface area contributed by atoms with Crippen molar-refractivity contribution in [2.75, 3.05) is 6.54 Å². The van der Waals surface area contributed by atoms with E-state index in [-0.39, 0.29) is 17.9 Å². The van der Waals surface area contributed by atoms with Gasteiger partial charge in [-0.25, -0.2) is 4.79 Å². The predicted octanol–water partition coefficient (Wildman–Crippen LogP) is 0.990. The van der Waals surface area contributed by atoms with Crippen molar-refractivity contribution in [3.8, 4) is 0 Å². The van der Waals surface area contributed by atoms with Crippen LogP contribution in [0.4, 0.5) is 0 Å². The molecule has 0 aliphatic carbocycles. The van der Waals surface area contributed by atoms with Crippen molar-refractivity contribution < 1.29 is 14.7 Å². The van der Waals surface area contributed by atoms with E-state index in [1.54, 1.807) is 13.8 Å². The molecule has 5 heteroatoms. The highest BCUT2D eigenvalue weighted by atomic mass is 16.4. The minimum Gasteiger partial charge on any atom is -0.480 e. The van der Waals surface area contributed by atoms with Crippen molar-refractivity contribution in [2.24, 2.45) is 11.8 Å². The van der Waals surface area contributed by atoms with E-state index in [2.05, 4.69) is 17.6 Å². The first kappa shape index (κ1) is 15.0.